The molecule has 2 heterocycles. The number of hydrogen-bond donors (Lipinski definition) is 1. The maximum atomic E-state index is 12.9. The molecule has 0 radical (unpaired) electrons. The molecule has 124 valence electrons. The molecule has 0 spiro atoms. The summed E-state index contributed by atoms with van der Waals surface area (Å²) in [6.45, 7) is 2.89. The number of nitrogens with zero attached hydrogens (tertiary/aromatic N) is 2. The fraction of sp³-hybridized carbons (Fsp3) is 0.421. The highest BCUT2D eigenvalue weighted by Crippen LogP contribution is 2.42. The van der Waals surface area contributed by atoms with E-state index in [1.165, 1.54) is 0 Å². The number of amides is 2. The molecular weight excluding hydrogens is 302 g/mol. The minimum Gasteiger partial charge on any atom is -0.349 e. The topological polar surface area (TPSA) is 62.3 Å². The molecule has 5 heteroatoms. The van der Waals surface area contributed by atoms with E-state index in [2.05, 4.69) is 10.3 Å². The van der Waals surface area contributed by atoms with Crippen LogP contribution in [0.15, 0.2) is 36.5 Å². The molecule has 1 aliphatic carbocycles. The molecule has 1 N–H and O–H groups in total. The average molecular weight is 323 g/mol. The third-order valence-electron chi connectivity index (χ3n) is 5.44. The predicted octanol–water partition coefficient (Wildman–Crippen LogP) is 2.37. The summed E-state index contributed by atoms with van der Waals surface area (Å²) >= 11 is 0. The lowest BCUT2D eigenvalue weighted by Gasteiger charge is -2.29. The third kappa shape index (κ3) is 2.44. The number of carbonyl (C=O) groups excluding carboxylic acids is 2. The van der Waals surface area contributed by atoms with E-state index in [4.69, 9.17) is 0 Å². The van der Waals surface area contributed by atoms with Gasteiger partial charge in [0.15, 0.2) is 0 Å². The first-order valence-corrected chi connectivity index (χ1v) is 8.50. The van der Waals surface area contributed by atoms with Crippen molar-refractivity contribution in [3.05, 3.63) is 42.1 Å². The zero-order chi connectivity index (χ0) is 16.7. The lowest BCUT2D eigenvalue weighted by atomic mass is 9.90. The highest BCUT2D eigenvalue weighted by molar-refractivity contribution is 5.98. The molecule has 2 atom stereocenters. The van der Waals surface area contributed by atoms with E-state index in [1.54, 1.807) is 13.1 Å². The van der Waals surface area contributed by atoms with Crippen molar-refractivity contribution in [1.82, 2.24) is 15.2 Å². The Labute approximate surface area is 141 Å². The second-order valence-corrected chi connectivity index (χ2v) is 7.02. The molecule has 4 rings (SSSR count). The van der Waals surface area contributed by atoms with Gasteiger partial charge in [-0.25, -0.2) is 0 Å². The Hall–Kier alpha value is -2.43. The number of benzene rings is 1. The van der Waals surface area contributed by atoms with Crippen molar-refractivity contribution >= 4 is 22.7 Å². The molecule has 5 nitrogen and oxygen atoms in total. The van der Waals surface area contributed by atoms with Crippen LogP contribution in [0.5, 0.6) is 0 Å². The molecular formula is C19H21N3O2. The second kappa shape index (κ2) is 5.58. The highest BCUT2D eigenvalue weighted by Gasteiger charge is 2.51. The van der Waals surface area contributed by atoms with Gasteiger partial charge in [0.25, 0.3) is 5.91 Å². The molecule has 2 fully saturated rings. The van der Waals surface area contributed by atoms with Gasteiger partial charge in [-0.2, -0.15) is 0 Å². The molecule has 0 bridgehead atoms. The predicted molar refractivity (Wildman–Crippen MR) is 91.5 cm³/mol. The van der Waals surface area contributed by atoms with E-state index in [9.17, 15) is 9.59 Å². The van der Waals surface area contributed by atoms with Gasteiger partial charge in [0.2, 0.25) is 5.91 Å². The quantitative estimate of drug-likeness (QED) is 0.923. The van der Waals surface area contributed by atoms with Gasteiger partial charge in [-0.05, 0) is 31.0 Å². The first-order chi connectivity index (χ1) is 11.6. The van der Waals surface area contributed by atoms with Crippen LogP contribution in [0.1, 0.15) is 36.5 Å². The van der Waals surface area contributed by atoms with Crippen molar-refractivity contribution in [1.29, 1.82) is 0 Å². The normalized spacial score (nSPS) is 25.7. The monoisotopic (exact) mass is 323 g/mol. The van der Waals surface area contributed by atoms with Crippen molar-refractivity contribution in [2.24, 2.45) is 5.92 Å². The number of carbonyl (C=O) groups is 2. The van der Waals surface area contributed by atoms with Crippen LogP contribution in [0, 0.1) is 5.92 Å². The van der Waals surface area contributed by atoms with Crippen molar-refractivity contribution in [3.8, 4) is 0 Å². The van der Waals surface area contributed by atoms with E-state index in [1.807, 2.05) is 35.2 Å². The fourth-order valence-electron chi connectivity index (χ4n) is 4.38. The summed E-state index contributed by atoms with van der Waals surface area (Å²) in [5.41, 5.74) is 1.27. The summed E-state index contributed by atoms with van der Waals surface area (Å²) in [6.07, 6.45) is 4.89. The Morgan fingerprint density at radius 2 is 2.21 bits per heavy atom. The Kier molecular flexibility index (Phi) is 3.52. The molecule has 2 aliphatic rings. The Bertz CT molecular complexity index is 819. The lowest BCUT2D eigenvalue weighted by Crippen LogP contribution is -2.51. The van der Waals surface area contributed by atoms with Crippen LogP contribution in [-0.2, 0) is 4.79 Å². The number of nitrogens with one attached hydrogen (secondary N) is 1. The minimum absolute atomic E-state index is 0.00824. The van der Waals surface area contributed by atoms with Crippen LogP contribution in [0.25, 0.3) is 10.9 Å². The smallest absolute Gasteiger partial charge is 0.254 e. The molecule has 1 aromatic heterocycles. The summed E-state index contributed by atoms with van der Waals surface area (Å²) in [5, 5.41) is 4.17. The van der Waals surface area contributed by atoms with Crippen molar-refractivity contribution in [2.45, 2.75) is 31.7 Å². The first-order valence-electron chi connectivity index (χ1n) is 8.50. The number of likely N-dealkylation sites (tertiary alicyclic amines) is 1. The summed E-state index contributed by atoms with van der Waals surface area (Å²) < 4.78 is 0. The third-order valence-corrected chi connectivity index (χ3v) is 5.44. The van der Waals surface area contributed by atoms with Crippen LogP contribution in [0.3, 0.4) is 0 Å². The average Bonchev–Trinajstić information content (AvgIpc) is 3.09. The number of aromatic nitrogens is 1. The van der Waals surface area contributed by atoms with Gasteiger partial charge in [-0.1, -0.05) is 18.6 Å². The SMILES string of the molecule is CC(=O)N[C@]12CCC[C@H]1CN(C(=O)c1ccc3cccnc3c1)C2. The number of pyridine rings is 1. The Morgan fingerprint density at radius 3 is 3.04 bits per heavy atom. The van der Waals surface area contributed by atoms with E-state index < -0.39 is 0 Å². The van der Waals surface area contributed by atoms with Crippen LogP contribution in [0.4, 0.5) is 0 Å². The summed E-state index contributed by atoms with van der Waals surface area (Å²) in [5.74, 6) is 0.386. The summed E-state index contributed by atoms with van der Waals surface area (Å²) in [6, 6.07) is 9.55. The van der Waals surface area contributed by atoms with E-state index >= 15 is 0 Å². The van der Waals surface area contributed by atoms with Crippen molar-refractivity contribution in [3.63, 3.8) is 0 Å². The minimum atomic E-state index is -0.226. The van der Waals surface area contributed by atoms with Crippen LogP contribution in [0.2, 0.25) is 0 Å². The van der Waals surface area contributed by atoms with E-state index in [0.717, 1.165) is 36.7 Å². The first kappa shape index (κ1) is 15.1. The lowest BCUT2D eigenvalue weighted by molar-refractivity contribution is -0.121. The van der Waals surface area contributed by atoms with Gasteiger partial charge in [0.1, 0.15) is 0 Å². The molecule has 1 aliphatic heterocycles. The molecule has 24 heavy (non-hydrogen) atoms. The summed E-state index contributed by atoms with van der Waals surface area (Å²) in [7, 11) is 0. The molecule has 2 aromatic rings. The van der Waals surface area contributed by atoms with E-state index in [0.29, 0.717) is 18.0 Å². The molecule has 0 unspecified atom stereocenters. The molecule has 1 saturated carbocycles. The standard InChI is InChI=1S/C19H21N3O2/c1-13(23)21-19-8-2-5-16(19)11-22(12-19)18(24)15-7-6-14-4-3-9-20-17(14)10-15/h3-4,6-7,9-10,16H,2,5,8,11-12H2,1H3,(H,21,23)/t16-,19-/m0/s1. The van der Waals surface area contributed by atoms with E-state index in [-0.39, 0.29) is 17.4 Å². The number of hydrogen-bond acceptors (Lipinski definition) is 3. The molecule has 1 saturated heterocycles. The number of rotatable bonds is 2. The number of fused-ring (bicyclic) bond motifs is 2. The fourth-order valence-corrected chi connectivity index (χ4v) is 4.38. The zero-order valence-corrected chi connectivity index (χ0v) is 13.8. The maximum Gasteiger partial charge on any atom is 0.254 e. The van der Waals surface area contributed by atoms with Crippen molar-refractivity contribution < 1.29 is 9.59 Å². The zero-order valence-electron chi connectivity index (χ0n) is 13.8. The van der Waals surface area contributed by atoms with Gasteiger partial charge >= 0.3 is 0 Å². The van der Waals surface area contributed by atoms with Crippen molar-refractivity contribution in [2.75, 3.05) is 13.1 Å². The summed E-state index contributed by atoms with van der Waals surface area (Å²) in [4.78, 5) is 30.8. The van der Waals surface area contributed by atoms with Crippen LogP contribution in [-0.4, -0.2) is 40.3 Å². The van der Waals surface area contributed by atoms with Gasteiger partial charge < -0.3 is 10.2 Å². The van der Waals surface area contributed by atoms with Gasteiger partial charge in [0, 0.05) is 43.1 Å². The van der Waals surface area contributed by atoms with Crippen LogP contribution < -0.4 is 5.32 Å². The van der Waals surface area contributed by atoms with Gasteiger partial charge in [-0.15, -0.1) is 0 Å². The van der Waals surface area contributed by atoms with Gasteiger partial charge in [-0.3, -0.25) is 14.6 Å². The maximum absolute atomic E-state index is 12.9. The van der Waals surface area contributed by atoms with Crippen LogP contribution >= 0.6 is 0 Å². The Balaban J connectivity index is 1.59. The molecule has 2 amide bonds. The second-order valence-electron chi connectivity index (χ2n) is 7.02. The van der Waals surface area contributed by atoms with Gasteiger partial charge in [0.05, 0.1) is 11.1 Å². The largest absolute Gasteiger partial charge is 0.349 e. The molecule has 1 aromatic carbocycles. The Morgan fingerprint density at radius 1 is 1.33 bits per heavy atom. The highest BCUT2D eigenvalue weighted by atomic mass is 16.2.